The van der Waals surface area contributed by atoms with E-state index in [4.69, 9.17) is 11.6 Å². The SMILES string of the molecule is CN=C(NCC(C)c1ccccc1)NC1CCN(c2ncccc2Cl)C1. The number of aromatic nitrogens is 1. The Kier molecular flexibility index (Phi) is 6.34. The molecule has 1 aliphatic rings. The molecule has 0 bridgehead atoms. The summed E-state index contributed by atoms with van der Waals surface area (Å²) in [6, 6.07) is 14.6. The van der Waals surface area contributed by atoms with Crippen molar-refractivity contribution < 1.29 is 0 Å². The summed E-state index contributed by atoms with van der Waals surface area (Å²) in [5.74, 6) is 2.12. The van der Waals surface area contributed by atoms with Gasteiger partial charge >= 0.3 is 0 Å². The Balaban J connectivity index is 1.51. The Bertz CT molecular complexity index is 734. The standard InChI is InChI=1S/C20H26ClN5/c1-15(16-7-4-3-5-8-16)13-24-20(22-2)25-17-10-12-26(14-17)19-18(21)9-6-11-23-19/h3-9,11,15,17H,10,12-14H2,1-2H3,(H2,22,24,25). The maximum Gasteiger partial charge on any atom is 0.191 e. The van der Waals surface area contributed by atoms with E-state index in [1.54, 1.807) is 6.20 Å². The molecule has 1 saturated heterocycles. The molecular weight excluding hydrogens is 346 g/mol. The molecule has 6 heteroatoms. The van der Waals surface area contributed by atoms with Gasteiger partial charge in [-0.05, 0) is 30.0 Å². The van der Waals surface area contributed by atoms with Crippen molar-refractivity contribution in [3.8, 4) is 0 Å². The molecule has 26 heavy (non-hydrogen) atoms. The van der Waals surface area contributed by atoms with Crippen molar-refractivity contribution in [3.05, 3.63) is 59.2 Å². The van der Waals surface area contributed by atoms with Crippen LogP contribution in [0.5, 0.6) is 0 Å². The molecule has 0 saturated carbocycles. The minimum Gasteiger partial charge on any atom is -0.356 e. The van der Waals surface area contributed by atoms with Crippen molar-refractivity contribution in [2.75, 3.05) is 31.6 Å². The van der Waals surface area contributed by atoms with Crippen molar-refractivity contribution in [3.63, 3.8) is 0 Å². The van der Waals surface area contributed by atoms with Crippen LogP contribution in [0.3, 0.4) is 0 Å². The van der Waals surface area contributed by atoms with Crippen LogP contribution in [0.25, 0.3) is 0 Å². The number of pyridine rings is 1. The molecule has 5 nitrogen and oxygen atoms in total. The fourth-order valence-electron chi connectivity index (χ4n) is 3.22. The third kappa shape index (κ3) is 4.67. The molecule has 2 heterocycles. The van der Waals surface area contributed by atoms with Crippen LogP contribution in [0, 0.1) is 0 Å². The summed E-state index contributed by atoms with van der Waals surface area (Å²) in [6.45, 7) is 4.86. The molecule has 0 radical (unpaired) electrons. The number of hydrogen-bond donors (Lipinski definition) is 2. The molecular formula is C20H26ClN5. The zero-order valence-corrected chi connectivity index (χ0v) is 16.1. The van der Waals surface area contributed by atoms with E-state index in [-0.39, 0.29) is 0 Å². The summed E-state index contributed by atoms with van der Waals surface area (Å²) in [5.41, 5.74) is 1.33. The summed E-state index contributed by atoms with van der Waals surface area (Å²) in [5, 5.41) is 7.66. The zero-order valence-electron chi connectivity index (χ0n) is 15.3. The molecule has 3 rings (SSSR count). The van der Waals surface area contributed by atoms with E-state index in [1.807, 2.05) is 25.2 Å². The van der Waals surface area contributed by atoms with Gasteiger partial charge in [0.1, 0.15) is 5.82 Å². The van der Waals surface area contributed by atoms with Crippen molar-refractivity contribution in [2.24, 2.45) is 4.99 Å². The monoisotopic (exact) mass is 371 g/mol. The number of nitrogens with zero attached hydrogens (tertiary/aromatic N) is 3. The van der Waals surface area contributed by atoms with Gasteiger partial charge in [-0.15, -0.1) is 0 Å². The zero-order chi connectivity index (χ0) is 18.4. The highest BCUT2D eigenvalue weighted by Crippen LogP contribution is 2.25. The minimum atomic E-state index is 0.325. The largest absolute Gasteiger partial charge is 0.356 e. The lowest BCUT2D eigenvalue weighted by atomic mass is 10.0. The summed E-state index contributed by atoms with van der Waals surface area (Å²) < 4.78 is 0. The second-order valence-electron chi connectivity index (χ2n) is 6.65. The molecule has 1 fully saturated rings. The molecule has 2 atom stereocenters. The highest BCUT2D eigenvalue weighted by atomic mass is 35.5. The first-order valence-electron chi connectivity index (χ1n) is 9.05. The van der Waals surface area contributed by atoms with Gasteiger partial charge in [-0.2, -0.15) is 0 Å². The Morgan fingerprint density at radius 3 is 2.85 bits per heavy atom. The second-order valence-corrected chi connectivity index (χ2v) is 7.06. The van der Waals surface area contributed by atoms with Gasteiger partial charge in [0.05, 0.1) is 5.02 Å². The Labute approximate surface area is 160 Å². The first kappa shape index (κ1) is 18.5. The number of nitrogens with one attached hydrogen (secondary N) is 2. The molecule has 0 spiro atoms. The Morgan fingerprint density at radius 2 is 2.12 bits per heavy atom. The number of hydrogen-bond acceptors (Lipinski definition) is 3. The van der Waals surface area contributed by atoms with Crippen molar-refractivity contribution in [1.82, 2.24) is 15.6 Å². The molecule has 2 N–H and O–H groups in total. The van der Waals surface area contributed by atoms with Gasteiger partial charge in [0.2, 0.25) is 0 Å². The van der Waals surface area contributed by atoms with E-state index in [1.165, 1.54) is 5.56 Å². The van der Waals surface area contributed by atoms with Crippen LogP contribution in [-0.4, -0.2) is 43.7 Å². The van der Waals surface area contributed by atoms with Crippen LogP contribution < -0.4 is 15.5 Å². The van der Waals surface area contributed by atoms with E-state index in [0.29, 0.717) is 17.0 Å². The highest BCUT2D eigenvalue weighted by molar-refractivity contribution is 6.32. The van der Waals surface area contributed by atoms with Gasteiger partial charge in [-0.1, -0.05) is 48.9 Å². The quantitative estimate of drug-likeness (QED) is 0.625. The molecule has 1 aliphatic heterocycles. The van der Waals surface area contributed by atoms with Crippen LogP contribution >= 0.6 is 11.6 Å². The van der Waals surface area contributed by atoms with E-state index < -0.39 is 0 Å². The number of guanidine groups is 1. The molecule has 0 aliphatic carbocycles. The fraction of sp³-hybridized carbons (Fsp3) is 0.400. The number of benzene rings is 1. The van der Waals surface area contributed by atoms with Gasteiger partial charge in [-0.25, -0.2) is 4.98 Å². The smallest absolute Gasteiger partial charge is 0.191 e. The van der Waals surface area contributed by atoms with Crippen LogP contribution in [0.1, 0.15) is 24.8 Å². The van der Waals surface area contributed by atoms with Crippen molar-refractivity contribution >= 4 is 23.4 Å². The number of aliphatic imine (C=N–C) groups is 1. The molecule has 1 aromatic carbocycles. The summed E-state index contributed by atoms with van der Waals surface area (Å²) in [6.07, 6.45) is 2.81. The predicted molar refractivity (Wildman–Crippen MR) is 109 cm³/mol. The first-order chi connectivity index (χ1) is 12.7. The maximum atomic E-state index is 6.27. The van der Waals surface area contributed by atoms with Gasteiger partial charge in [-0.3, -0.25) is 4.99 Å². The minimum absolute atomic E-state index is 0.325. The summed E-state index contributed by atoms with van der Waals surface area (Å²) in [7, 11) is 1.81. The first-order valence-corrected chi connectivity index (χ1v) is 9.42. The van der Waals surface area contributed by atoms with E-state index >= 15 is 0 Å². The average Bonchev–Trinajstić information content (AvgIpc) is 3.14. The molecule has 1 aromatic heterocycles. The summed E-state index contributed by atoms with van der Waals surface area (Å²) in [4.78, 5) is 11.0. The maximum absolute atomic E-state index is 6.27. The van der Waals surface area contributed by atoms with Gasteiger partial charge in [0.15, 0.2) is 5.96 Å². The molecule has 2 unspecified atom stereocenters. The van der Waals surface area contributed by atoms with Crippen molar-refractivity contribution in [1.29, 1.82) is 0 Å². The number of halogens is 1. The van der Waals surface area contributed by atoms with Crippen molar-refractivity contribution in [2.45, 2.75) is 25.3 Å². The molecule has 0 amide bonds. The van der Waals surface area contributed by atoms with Crippen LogP contribution in [0.2, 0.25) is 5.02 Å². The number of anilines is 1. The Morgan fingerprint density at radius 1 is 1.31 bits per heavy atom. The van der Waals surface area contributed by atoms with E-state index in [9.17, 15) is 0 Å². The van der Waals surface area contributed by atoms with Gasteiger partial charge in [0.25, 0.3) is 0 Å². The third-order valence-corrected chi connectivity index (χ3v) is 5.03. The topological polar surface area (TPSA) is 52.6 Å². The highest BCUT2D eigenvalue weighted by Gasteiger charge is 2.25. The fourth-order valence-corrected chi connectivity index (χ4v) is 3.46. The van der Waals surface area contributed by atoms with Gasteiger partial charge < -0.3 is 15.5 Å². The second kappa shape index (κ2) is 8.90. The van der Waals surface area contributed by atoms with E-state index in [0.717, 1.165) is 37.8 Å². The lowest BCUT2D eigenvalue weighted by Gasteiger charge is -2.21. The molecule has 138 valence electrons. The molecule has 2 aromatic rings. The third-order valence-electron chi connectivity index (χ3n) is 4.74. The normalized spacial score (nSPS) is 18.7. The van der Waals surface area contributed by atoms with Crippen LogP contribution in [0.4, 0.5) is 5.82 Å². The van der Waals surface area contributed by atoms with E-state index in [2.05, 4.69) is 56.7 Å². The lowest BCUT2D eigenvalue weighted by Crippen LogP contribution is -2.45. The number of rotatable bonds is 5. The lowest BCUT2D eigenvalue weighted by molar-refractivity contribution is 0.634. The van der Waals surface area contributed by atoms with Gasteiger partial charge in [0, 0.05) is 38.9 Å². The average molecular weight is 372 g/mol. The Hall–Kier alpha value is -2.27. The van der Waals surface area contributed by atoms with Crippen LogP contribution in [-0.2, 0) is 0 Å². The summed E-state index contributed by atoms with van der Waals surface area (Å²) >= 11 is 6.27. The predicted octanol–water partition coefficient (Wildman–Crippen LogP) is 3.28. The van der Waals surface area contributed by atoms with Crippen LogP contribution in [0.15, 0.2) is 53.7 Å².